The average molecular weight is 615 g/mol. The topological polar surface area (TPSA) is 114 Å². The monoisotopic (exact) mass is 613 g/mol. The van der Waals surface area contributed by atoms with Gasteiger partial charge in [-0.2, -0.15) is 0 Å². The minimum atomic E-state index is -0.606. The van der Waals surface area contributed by atoms with Crippen LogP contribution in [0.3, 0.4) is 0 Å². The molecule has 41 heavy (non-hydrogen) atoms. The number of anilines is 2. The summed E-state index contributed by atoms with van der Waals surface area (Å²) in [7, 11) is 0. The smallest absolute Gasteiger partial charge is 0.294 e. The van der Waals surface area contributed by atoms with Gasteiger partial charge in [-0.05, 0) is 79.2 Å². The lowest BCUT2D eigenvalue weighted by atomic mass is 10.1. The summed E-state index contributed by atoms with van der Waals surface area (Å²) in [5, 5.41) is 5.44. The summed E-state index contributed by atoms with van der Waals surface area (Å²) in [5.41, 5.74) is 2.42. The van der Waals surface area contributed by atoms with Crippen LogP contribution >= 0.6 is 35.0 Å². The molecule has 1 saturated heterocycles. The van der Waals surface area contributed by atoms with E-state index in [0.29, 0.717) is 33.7 Å². The van der Waals surface area contributed by atoms with Gasteiger partial charge in [-0.3, -0.25) is 24.1 Å². The number of hydrogen-bond donors (Lipinski definition) is 2. The number of thioether (sulfide) groups is 1. The fraction of sp³-hybridized carbons (Fsp3) is 0.172. The highest BCUT2D eigenvalue weighted by molar-refractivity contribution is 8.18. The van der Waals surface area contributed by atoms with Crippen molar-refractivity contribution in [3.05, 3.63) is 86.7 Å². The normalized spacial score (nSPS) is 13.9. The summed E-state index contributed by atoms with van der Waals surface area (Å²) in [6.07, 6.45) is 1.48. The van der Waals surface area contributed by atoms with Crippen LogP contribution in [0.4, 0.5) is 16.2 Å². The van der Waals surface area contributed by atoms with E-state index in [-0.39, 0.29) is 34.6 Å². The summed E-state index contributed by atoms with van der Waals surface area (Å²) < 4.78 is 11.4. The van der Waals surface area contributed by atoms with Gasteiger partial charge in [0.2, 0.25) is 5.91 Å². The minimum absolute atomic E-state index is 0.117. The van der Waals surface area contributed by atoms with Crippen LogP contribution < -0.4 is 20.1 Å². The van der Waals surface area contributed by atoms with E-state index in [2.05, 4.69) is 10.6 Å². The summed E-state index contributed by atoms with van der Waals surface area (Å²) in [6, 6.07) is 17.0. The highest BCUT2D eigenvalue weighted by Crippen LogP contribution is 2.39. The Bertz CT molecular complexity index is 1530. The average Bonchev–Trinajstić information content (AvgIpc) is 3.18. The number of rotatable bonds is 10. The van der Waals surface area contributed by atoms with E-state index in [4.69, 9.17) is 32.7 Å². The Morgan fingerprint density at radius 3 is 2.37 bits per heavy atom. The second-order valence-corrected chi connectivity index (χ2v) is 10.6. The second-order valence-electron chi connectivity index (χ2n) is 8.75. The van der Waals surface area contributed by atoms with E-state index >= 15 is 0 Å². The number of aryl methyl sites for hydroxylation is 1. The van der Waals surface area contributed by atoms with Crippen LogP contribution in [0.15, 0.2) is 65.6 Å². The number of nitrogens with zero attached hydrogens (tertiary/aromatic N) is 1. The molecule has 212 valence electrons. The van der Waals surface area contributed by atoms with Crippen molar-refractivity contribution in [3.8, 4) is 11.5 Å². The molecule has 2 N–H and O–H groups in total. The van der Waals surface area contributed by atoms with Crippen molar-refractivity contribution >= 4 is 75.4 Å². The zero-order chi connectivity index (χ0) is 29.5. The summed E-state index contributed by atoms with van der Waals surface area (Å²) >= 11 is 13.3. The lowest BCUT2D eigenvalue weighted by Crippen LogP contribution is -2.36. The van der Waals surface area contributed by atoms with Gasteiger partial charge < -0.3 is 20.1 Å². The molecule has 9 nitrogen and oxygen atoms in total. The van der Waals surface area contributed by atoms with Crippen LogP contribution in [0.25, 0.3) is 6.08 Å². The fourth-order valence-electron chi connectivity index (χ4n) is 3.73. The second kappa shape index (κ2) is 13.6. The molecule has 0 spiro atoms. The number of benzene rings is 3. The molecule has 0 unspecified atom stereocenters. The van der Waals surface area contributed by atoms with Crippen molar-refractivity contribution in [1.82, 2.24) is 4.90 Å². The minimum Gasteiger partial charge on any atom is -0.490 e. The van der Waals surface area contributed by atoms with Crippen molar-refractivity contribution < 1.29 is 28.7 Å². The first-order valence-electron chi connectivity index (χ1n) is 12.4. The molecule has 12 heteroatoms. The number of carbonyl (C=O) groups excluding carboxylic acids is 4. The predicted octanol–water partition coefficient (Wildman–Crippen LogP) is 6.39. The van der Waals surface area contributed by atoms with Crippen LogP contribution in [0.1, 0.15) is 18.1 Å². The Balaban J connectivity index is 1.44. The first-order valence-corrected chi connectivity index (χ1v) is 14.0. The van der Waals surface area contributed by atoms with E-state index in [1.807, 2.05) is 6.92 Å². The summed E-state index contributed by atoms with van der Waals surface area (Å²) in [5.74, 6) is -1.15. The number of nitrogens with one attached hydrogen (secondary N) is 2. The van der Waals surface area contributed by atoms with Gasteiger partial charge in [-0.1, -0.05) is 47.5 Å². The molecule has 0 aliphatic carbocycles. The van der Waals surface area contributed by atoms with Gasteiger partial charge in [0.1, 0.15) is 6.54 Å². The maximum absolute atomic E-state index is 12.9. The van der Waals surface area contributed by atoms with Crippen LogP contribution in [0, 0.1) is 6.92 Å². The molecule has 1 aliphatic rings. The fourth-order valence-corrected chi connectivity index (χ4v) is 5.03. The lowest BCUT2D eigenvalue weighted by molar-refractivity contribution is -0.127. The van der Waals surface area contributed by atoms with Crippen LogP contribution in [-0.4, -0.2) is 47.6 Å². The van der Waals surface area contributed by atoms with Crippen molar-refractivity contribution in [1.29, 1.82) is 0 Å². The van der Waals surface area contributed by atoms with Crippen LogP contribution in [0.5, 0.6) is 11.5 Å². The van der Waals surface area contributed by atoms with Crippen LogP contribution in [-0.2, 0) is 14.4 Å². The quantitative estimate of drug-likeness (QED) is 0.254. The molecule has 1 fully saturated rings. The number of para-hydroxylation sites is 1. The van der Waals surface area contributed by atoms with Gasteiger partial charge in [0, 0.05) is 16.4 Å². The molecule has 0 bridgehead atoms. The lowest BCUT2D eigenvalue weighted by Gasteiger charge is -2.15. The van der Waals surface area contributed by atoms with Gasteiger partial charge in [0.05, 0.1) is 16.5 Å². The SMILES string of the molecule is CCOc1cc(/C=C2\SC(=O)N(CC(=O)Nc3ccccc3)C2=O)cc(Cl)c1OCC(=O)Nc1ccc(C)c(Cl)c1. The zero-order valence-corrected chi connectivity index (χ0v) is 24.4. The van der Waals surface area contributed by atoms with E-state index in [1.54, 1.807) is 61.5 Å². The first-order chi connectivity index (χ1) is 19.6. The Hall–Kier alpha value is -3.99. The van der Waals surface area contributed by atoms with Crippen LogP contribution in [0.2, 0.25) is 10.0 Å². The Kier molecular flexibility index (Phi) is 9.93. The van der Waals surface area contributed by atoms with Gasteiger partial charge in [-0.25, -0.2) is 0 Å². The highest BCUT2D eigenvalue weighted by atomic mass is 35.5. The molecular weight excluding hydrogens is 589 g/mol. The van der Waals surface area contributed by atoms with Crippen molar-refractivity contribution in [2.45, 2.75) is 13.8 Å². The maximum Gasteiger partial charge on any atom is 0.294 e. The number of hydrogen-bond acceptors (Lipinski definition) is 7. The van der Waals surface area contributed by atoms with Gasteiger partial charge in [0.15, 0.2) is 18.1 Å². The third-order valence-corrected chi connectivity index (χ3v) is 7.26. The molecule has 0 saturated carbocycles. The standard InChI is InChI=1S/C29H25Cl2N3O6S/c1-3-39-23-12-18(11-22(31)27(23)40-16-26(36)33-20-10-9-17(2)21(30)14-20)13-24-28(37)34(29(38)41-24)15-25(35)32-19-7-5-4-6-8-19/h4-14H,3,15-16H2,1-2H3,(H,32,35)(H,33,36)/b24-13-. The largest absolute Gasteiger partial charge is 0.490 e. The van der Waals surface area contributed by atoms with Crippen molar-refractivity contribution in [2.75, 3.05) is 30.4 Å². The molecule has 4 amide bonds. The van der Waals surface area contributed by atoms with E-state index in [1.165, 1.54) is 12.1 Å². The highest BCUT2D eigenvalue weighted by Gasteiger charge is 2.36. The molecule has 3 aromatic carbocycles. The van der Waals surface area contributed by atoms with E-state index < -0.39 is 29.5 Å². The maximum atomic E-state index is 12.9. The molecule has 0 radical (unpaired) electrons. The molecule has 0 aromatic heterocycles. The molecule has 0 atom stereocenters. The first kappa shape index (κ1) is 30.0. The van der Waals surface area contributed by atoms with Crippen molar-refractivity contribution in [2.24, 2.45) is 0 Å². The number of halogens is 2. The van der Waals surface area contributed by atoms with Crippen molar-refractivity contribution in [3.63, 3.8) is 0 Å². The van der Waals surface area contributed by atoms with E-state index in [0.717, 1.165) is 10.5 Å². The Morgan fingerprint density at radius 1 is 0.927 bits per heavy atom. The number of amides is 4. The Labute approximate surface area is 250 Å². The molecule has 4 rings (SSSR count). The Morgan fingerprint density at radius 2 is 1.66 bits per heavy atom. The number of imide groups is 1. The number of carbonyl (C=O) groups is 4. The molecule has 1 heterocycles. The molecule has 3 aromatic rings. The van der Waals surface area contributed by atoms with Gasteiger partial charge in [-0.15, -0.1) is 0 Å². The molecular formula is C29H25Cl2N3O6S. The van der Waals surface area contributed by atoms with E-state index in [9.17, 15) is 19.2 Å². The third-order valence-electron chi connectivity index (χ3n) is 5.67. The predicted molar refractivity (Wildman–Crippen MR) is 161 cm³/mol. The molecule has 1 aliphatic heterocycles. The van der Waals surface area contributed by atoms with Gasteiger partial charge in [0.25, 0.3) is 17.1 Å². The zero-order valence-electron chi connectivity index (χ0n) is 22.0. The number of ether oxygens (including phenoxy) is 2. The van der Waals surface area contributed by atoms with Gasteiger partial charge >= 0.3 is 0 Å². The summed E-state index contributed by atoms with van der Waals surface area (Å²) in [4.78, 5) is 51.3. The third kappa shape index (κ3) is 7.81. The summed E-state index contributed by atoms with van der Waals surface area (Å²) in [6.45, 7) is 3.12.